The highest BCUT2D eigenvalue weighted by Gasteiger charge is 2.12. The van der Waals surface area contributed by atoms with Crippen LogP contribution in [0.3, 0.4) is 0 Å². The number of hydrogen-bond acceptors (Lipinski definition) is 4. The summed E-state index contributed by atoms with van der Waals surface area (Å²) in [5.41, 5.74) is 0. The van der Waals surface area contributed by atoms with E-state index < -0.39 is 0 Å². The van der Waals surface area contributed by atoms with Crippen LogP contribution in [0.5, 0.6) is 0 Å². The van der Waals surface area contributed by atoms with Crippen molar-refractivity contribution in [3.05, 3.63) is 24.2 Å². The molecule has 1 unspecified atom stereocenters. The van der Waals surface area contributed by atoms with Crippen LogP contribution in [0.25, 0.3) is 0 Å². The first-order valence-electron chi connectivity index (χ1n) is 6.34. The van der Waals surface area contributed by atoms with E-state index in [1.54, 1.807) is 6.26 Å². The molecular weight excluding hydrogens is 216 g/mol. The first kappa shape index (κ1) is 14.2. The van der Waals surface area contributed by atoms with E-state index in [1.165, 1.54) is 0 Å². The molecule has 0 aliphatic rings. The van der Waals surface area contributed by atoms with Crippen molar-refractivity contribution in [1.82, 2.24) is 10.2 Å². The molecule has 2 atom stereocenters. The number of hydrogen-bond donors (Lipinski definition) is 2. The van der Waals surface area contributed by atoms with Crippen molar-refractivity contribution in [2.75, 3.05) is 26.2 Å². The lowest BCUT2D eigenvalue weighted by Crippen LogP contribution is -2.38. The van der Waals surface area contributed by atoms with Crippen LogP contribution in [0.1, 0.15) is 32.6 Å². The Morgan fingerprint density at radius 3 is 2.65 bits per heavy atom. The highest BCUT2D eigenvalue weighted by atomic mass is 16.3. The zero-order chi connectivity index (χ0) is 12.7. The van der Waals surface area contributed by atoms with Gasteiger partial charge in [-0.05, 0) is 32.1 Å². The zero-order valence-corrected chi connectivity index (χ0v) is 11.0. The molecule has 0 aliphatic heterocycles. The fraction of sp³-hybridized carbons (Fsp3) is 0.692. The Hall–Kier alpha value is -0.840. The van der Waals surface area contributed by atoms with Gasteiger partial charge in [0.05, 0.1) is 18.4 Å². The monoisotopic (exact) mass is 240 g/mol. The molecule has 4 heteroatoms. The molecule has 0 amide bonds. The lowest BCUT2D eigenvalue weighted by molar-refractivity contribution is 0.113. The fourth-order valence-electron chi connectivity index (χ4n) is 1.80. The van der Waals surface area contributed by atoms with Gasteiger partial charge in [0.1, 0.15) is 5.76 Å². The predicted molar refractivity (Wildman–Crippen MR) is 68.9 cm³/mol. The SMILES string of the molecule is CCN(CC)CC(O)CN[C@@H](C)c1ccco1. The average molecular weight is 240 g/mol. The molecule has 0 aromatic carbocycles. The highest BCUT2D eigenvalue weighted by Crippen LogP contribution is 2.11. The highest BCUT2D eigenvalue weighted by molar-refractivity contribution is 5.02. The molecule has 0 aliphatic carbocycles. The number of aliphatic hydroxyl groups is 1. The molecule has 98 valence electrons. The fourth-order valence-corrected chi connectivity index (χ4v) is 1.80. The van der Waals surface area contributed by atoms with E-state index >= 15 is 0 Å². The molecular formula is C13H24N2O2. The Kier molecular flexibility index (Phi) is 6.26. The molecule has 1 heterocycles. The molecule has 1 aromatic rings. The summed E-state index contributed by atoms with van der Waals surface area (Å²) in [6, 6.07) is 3.95. The molecule has 0 bridgehead atoms. The summed E-state index contributed by atoms with van der Waals surface area (Å²) >= 11 is 0. The van der Waals surface area contributed by atoms with Crippen molar-refractivity contribution < 1.29 is 9.52 Å². The molecule has 17 heavy (non-hydrogen) atoms. The van der Waals surface area contributed by atoms with Gasteiger partial charge in [0.25, 0.3) is 0 Å². The minimum Gasteiger partial charge on any atom is -0.468 e. The summed E-state index contributed by atoms with van der Waals surface area (Å²) in [6.07, 6.45) is 1.33. The van der Waals surface area contributed by atoms with Crippen LogP contribution in [0.2, 0.25) is 0 Å². The van der Waals surface area contributed by atoms with Gasteiger partial charge in [-0.2, -0.15) is 0 Å². The normalized spacial score (nSPS) is 15.1. The maximum Gasteiger partial charge on any atom is 0.120 e. The van der Waals surface area contributed by atoms with Crippen molar-refractivity contribution >= 4 is 0 Å². The minimum atomic E-state index is -0.340. The van der Waals surface area contributed by atoms with Crippen LogP contribution in [-0.2, 0) is 0 Å². The smallest absolute Gasteiger partial charge is 0.120 e. The lowest BCUT2D eigenvalue weighted by atomic mass is 10.2. The number of aliphatic hydroxyl groups excluding tert-OH is 1. The van der Waals surface area contributed by atoms with Crippen molar-refractivity contribution in [3.8, 4) is 0 Å². The van der Waals surface area contributed by atoms with Crippen LogP contribution >= 0.6 is 0 Å². The van der Waals surface area contributed by atoms with Gasteiger partial charge in [0.15, 0.2) is 0 Å². The maximum absolute atomic E-state index is 9.89. The largest absolute Gasteiger partial charge is 0.468 e. The van der Waals surface area contributed by atoms with Gasteiger partial charge >= 0.3 is 0 Å². The van der Waals surface area contributed by atoms with Crippen LogP contribution < -0.4 is 5.32 Å². The predicted octanol–water partition coefficient (Wildman–Crippen LogP) is 1.63. The van der Waals surface area contributed by atoms with E-state index in [4.69, 9.17) is 4.42 Å². The van der Waals surface area contributed by atoms with Gasteiger partial charge in [-0.25, -0.2) is 0 Å². The van der Waals surface area contributed by atoms with E-state index in [1.807, 2.05) is 19.1 Å². The molecule has 0 saturated heterocycles. The number of nitrogens with one attached hydrogen (secondary N) is 1. The van der Waals surface area contributed by atoms with Crippen LogP contribution in [-0.4, -0.2) is 42.3 Å². The third-order valence-corrected chi connectivity index (χ3v) is 2.99. The number of nitrogens with zero attached hydrogens (tertiary/aromatic N) is 1. The van der Waals surface area contributed by atoms with E-state index in [-0.39, 0.29) is 12.1 Å². The summed E-state index contributed by atoms with van der Waals surface area (Å²) < 4.78 is 5.30. The van der Waals surface area contributed by atoms with E-state index in [0.717, 1.165) is 18.8 Å². The Morgan fingerprint density at radius 1 is 1.41 bits per heavy atom. The Balaban J connectivity index is 2.25. The minimum absolute atomic E-state index is 0.136. The molecule has 0 radical (unpaired) electrons. The third kappa shape index (κ3) is 4.89. The molecule has 0 fully saturated rings. The van der Waals surface area contributed by atoms with E-state index in [2.05, 4.69) is 24.1 Å². The van der Waals surface area contributed by atoms with E-state index in [0.29, 0.717) is 13.1 Å². The lowest BCUT2D eigenvalue weighted by Gasteiger charge is -2.23. The Bertz CT molecular complexity index is 284. The standard InChI is InChI=1S/C13H24N2O2/c1-4-15(5-2)10-12(16)9-14-11(3)13-7-6-8-17-13/h6-8,11-12,14,16H,4-5,9-10H2,1-3H3/t11-,12?/m0/s1. The third-order valence-electron chi connectivity index (χ3n) is 2.99. The van der Waals surface area contributed by atoms with Crippen molar-refractivity contribution in [2.24, 2.45) is 0 Å². The van der Waals surface area contributed by atoms with Crippen molar-refractivity contribution in [1.29, 1.82) is 0 Å². The second-order valence-corrected chi connectivity index (χ2v) is 4.29. The summed E-state index contributed by atoms with van der Waals surface area (Å²) in [6.45, 7) is 9.49. The Morgan fingerprint density at radius 2 is 2.12 bits per heavy atom. The number of rotatable bonds is 8. The molecule has 1 aromatic heterocycles. The van der Waals surface area contributed by atoms with E-state index in [9.17, 15) is 5.11 Å². The summed E-state index contributed by atoms with van der Waals surface area (Å²) in [7, 11) is 0. The summed E-state index contributed by atoms with van der Waals surface area (Å²) in [5.74, 6) is 0.903. The molecule has 2 N–H and O–H groups in total. The summed E-state index contributed by atoms with van der Waals surface area (Å²) in [4.78, 5) is 2.21. The maximum atomic E-state index is 9.89. The first-order valence-corrected chi connectivity index (χ1v) is 6.34. The Labute approximate surface area is 104 Å². The average Bonchev–Trinajstić information content (AvgIpc) is 2.86. The molecule has 0 spiro atoms. The second kappa shape index (κ2) is 7.48. The number of furan rings is 1. The summed E-state index contributed by atoms with van der Waals surface area (Å²) in [5, 5.41) is 13.2. The van der Waals surface area contributed by atoms with Crippen LogP contribution in [0.4, 0.5) is 0 Å². The quantitative estimate of drug-likeness (QED) is 0.725. The molecule has 0 saturated carbocycles. The molecule has 4 nitrogen and oxygen atoms in total. The van der Waals surface area contributed by atoms with Gasteiger partial charge in [-0.1, -0.05) is 13.8 Å². The van der Waals surface area contributed by atoms with Gasteiger partial charge in [-0.3, -0.25) is 0 Å². The van der Waals surface area contributed by atoms with Crippen LogP contribution in [0.15, 0.2) is 22.8 Å². The van der Waals surface area contributed by atoms with Gasteiger partial charge in [0, 0.05) is 13.1 Å². The van der Waals surface area contributed by atoms with Gasteiger partial charge in [0.2, 0.25) is 0 Å². The molecule has 1 rings (SSSR count). The van der Waals surface area contributed by atoms with Gasteiger partial charge in [-0.15, -0.1) is 0 Å². The first-order chi connectivity index (χ1) is 8.17. The van der Waals surface area contributed by atoms with Crippen molar-refractivity contribution in [2.45, 2.75) is 32.9 Å². The van der Waals surface area contributed by atoms with Gasteiger partial charge < -0.3 is 19.7 Å². The van der Waals surface area contributed by atoms with Crippen LogP contribution in [0, 0.1) is 0 Å². The number of likely N-dealkylation sites (N-methyl/N-ethyl adjacent to an activating group) is 1. The van der Waals surface area contributed by atoms with Crippen molar-refractivity contribution in [3.63, 3.8) is 0 Å². The second-order valence-electron chi connectivity index (χ2n) is 4.29. The topological polar surface area (TPSA) is 48.6 Å². The zero-order valence-electron chi connectivity index (χ0n) is 11.0.